The number of amides is 1. The molecule has 0 saturated carbocycles. The molecule has 0 radical (unpaired) electrons. The van der Waals surface area contributed by atoms with Crippen LogP contribution in [0.4, 0.5) is 4.39 Å². The van der Waals surface area contributed by atoms with Crippen molar-refractivity contribution in [3.05, 3.63) is 41.7 Å². The van der Waals surface area contributed by atoms with Gasteiger partial charge in [-0.25, -0.2) is 9.07 Å². The van der Waals surface area contributed by atoms with Crippen LogP contribution >= 0.6 is 0 Å². The van der Waals surface area contributed by atoms with Crippen LogP contribution in [0.1, 0.15) is 68.5 Å². The molecule has 0 aromatic carbocycles. The van der Waals surface area contributed by atoms with Crippen molar-refractivity contribution in [2.24, 2.45) is 0 Å². The van der Waals surface area contributed by atoms with E-state index in [-0.39, 0.29) is 35.0 Å². The van der Waals surface area contributed by atoms with Gasteiger partial charge in [-0.1, -0.05) is 26.0 Å². The van der Waals surface area contributed by atoms with Crippen LogP contribution < -0.4 is 0 Å². The highest BCUT2D eigenvalue weighted by Crippen LogP contribution is 2.41. The second-order valence-corrected chi connectivity index (χ2v) is 8.41. The first-order chi connectivity index (χ1) is 12.3. The first-order valence-corrected chi connectivity index (χ1v) is 9.19. The number of hydrogen-bond donors (Lipinski definition) is 0. The Bertz CT molecular complexity index is 813. The van der Waals surface area contributed by atoms with Gasteiger partial charge in [0.05, 0.1) is 23.5 Å². The van der Waals surface area contributed by atoms with Gasteiger partial charge in [-0.2, -0.15) is 0 Å². The van der Waals surface area contributed by atoms with Crippen LogP contribution in [0, 0.1) is 5.82 Å². The molecule has 0 spiro atoms. The minimum absolute atomic E-state index is 0.0349. The van der Waals surface area contributed by atoms with E-state index in [4.69, 9.17) is 0 Å². The van der Waals surface area contributed by atoms with Crippen molar-refractivity contribution in [1.29, 1.82) is 0 Å². The maximum absolute atomic E-state index is 14.0. The number of hydrogen-bond acceptors (Lipinski definition) is 4. The molecule has 26 heavy (non-hydrogen) atoms. The van der Waals surface area contributed by atoms with Crippen molar-refractivity contribution in [1.82, 2.24) is 24.9 Å². The summed E-state index contributed by atoms with van der Waals surface area (Å²) in [4.78, 5) is 18.5. The summed E-state index contributed by atoms with van der Waals surface area (Å²) in [6.45, 7) is 6.36. The van der Waals surface area contributed by atoms with Gasteiger partial charge in [0.15, 0.2) is 5.82 Å². The summed E-state index contributed by atoms with van der Waals surface area (Å²) < 4.78 is 16.0. The van der Waals surface area contributed by atoms with E-state index >= 15 is 0 Å². The third-order valence-corrected chi connectivity index (χ3v) is 5.60. The predicted octanol–water partition coefficient (Wildman–Crippen LogP) is 3.12. The van der Waals surface area contributed by atoms with Crippen LogP contribution in [0.25, 0.3) is 0 Å². The second kappa shape index (κ2) is 6.14. The van der Waals surface area contributed by atoms with E-state index < -0.39 is 5.82 Å². The molecule has 138 valence electrons. The van der Waals surface area contributed by atoms with Gasteiger partial charge in [-0.05, 0) is 31.7 Å². The number of aromatic nitrogens is 4. The smallest absolute Gasteiger partial charge is 0.257 e. The summed E-state index contributed by atoms with van der Waals surface area (Å²) in [5.41, 5.74) is 1.06. The molecule has 2 aliphatic rings. The lowest BCUT2D eigenvalue weighted by Gasteiger charge is -2.39. The van der Waals surface area contributed by atoms with Crippen molar-refractivity contribution >= 4 is 5.91 Å². The third kappa shape index (κ3) is 2.89. The quantitative estimate of drug-likeness (QED) is 0.828. The van der Waals surface area contributed by atoms with Gasteiger partial charge in [0.2, 0.25) is 0 Å². The van der Waals surface area contributed by atoms with Gasteiger partial charge in [0.25, 0.3) is 5.91 Å². The Kier molecular flexibility index (Phi) is 4.04. The van der Waals surface area contributed by atoms with Crippen molar-refractivity contribution < 1.29 is 9.18 Å². The Morgan fingerprint density at radius 2 is 1.88 bits per heavy atom. The maximum atomic E-state index is 14.0. The fourth-order valence-electron chi connectivity index (χ4n) is 4.18. The molecule has 2 saturated heterocycles. The van der Waals surface area contributed by atoms with E-state index in [1.54, 1.807) is 0 Å². The van der Waals surface area contributed by atoms with Crippen LogP contribution in [-0.4, -0.2) is 42.9 Å². The molecule has 0 aliphatic carbocycles. The topological polar surface area (TPSA) is 63.9 Å². The third-order valence-electron chi connectivity index (χ3n) is 5.60. The van der Waals surface area contributed by atoms with E-state index in [0.29, 0.717) is 0 Å². The van der Waals surface area contributed by atoms with E-state index in [9.17, 15) is 9.18 Å². The highest BCUT2D eigenvalue weighted by Gasteiger charge is 2.44. The zero-order valence-corrected chi connectivity index (χ0v) is 15.4. The minimum atomic E-state index is -0.551. The van der Waals surface area contributed by atoms with E-state index in [1.165, 1.54) is 12.3 Å². The van der Waals surface area contributed by atoms with Crippen molar-refractivity contribution in [2.45, 2.75) is 70.0 Å². The molecule has 2 aromatic rings. The lowest BCUT2D eigenvalue weighted by Crippen LogP contribution is -2.47. The molecule has 2 atom stereocenters. The Hall–Kier alpha value is -2.31. The summed E-state index contributed by atoms with van der Waals surface area (Å²) in [7, 11) is 0. The van der Waals surface area contributed by atoms with E-state index in [0.717, 1.165) is 37.6 Å². The van der Waals surface area contributed by atoms with Gasteiger partial charge in [0, 0.05) is 29.9 Å². The number of halogens is 1. The van der Waals surface area contributed by atoms with Crippen LogP contribution in [-0.2, 0) is 5.41 Å². The molecule has 2 aliphatic heterocycles. The fraction of sp³-hybridized carbons (Fsp3) is 0.579. The van der Waals surface area contributed by atoms with Gasteiger partial charge in [0.1, 0.15) is 0 Å². The zero-order valence-electron chi connectivity index (χ0n) is 15.4. The number of carbonyl (C=O) groups is 1. The Morgan fingerprint density at radius 3 is 2.46 bits per heavy atom. The number of rotatable bonds is 2. The summed E-state index contributed by atoms with van der Waals surface area (Å²) in [6.07, 6.45) is 8.19. The Labute approximate surface area is 152 Å². The average Bonchev–Trinajstić information content (AvgIpc) is 3.18. The molecule has 4 heterocycles. The fourth-order valence-corrected chi connectivity index (χ4v) is 4.18. The van der Waals surface area contributed by atoms with Crippen LogP contribution in [0.5, 0.6) is 0 Å². The van der Waals surface area contributed by atoms with Crippen LogP contribution in [0.2, 0.25) is 0 Å². The maximum Gasteiger partial charge on any atom is 0.257 e. The van der Waals surface area contributed by atoms with Crippen molar-refractivity contribution in [2.75, 3.05) is 0 Å². The number of pyridine rings is 1. The molecular weight excluding hydrogens is 333 g/mol. The number of piperidine rings is 1. The predicted molar refractivity (Wildman–Crippen MR) is 94.2 cm³/mol. The molecule has 2 fully saturated rings. The van der Waals surface area contributed by atoms with Gasteiger partial charge in [-0.3, -0.25) is 9.78 Å². The highest BCUT2D eigenvalue weighted by molar-refractivity contribution is 5.95. The lowest BCUT2D eigenvalue weighted by atomic mass is 9.92. The van der Waals surface area contributed by atoms with E-state index in [2.05, 4.69) is 36.1 Å². The van der Waals surface area contributed by atoms with Gasteiger partial charge in [-0.15, -0.1) is 5.10 Å². The first-order valence-electron chi connectivity index (χ1n) is 9.19. The Morgan fingerprint density at radius 1 is 1.19 bits per heavy atom. The molecule has 0 N–H and O–H groups in total. The largest absolute Gasteiger partial charge is 0.332 e. The Balaban J connectivity index is 1.54. The molecule has 2 aromatic heterocycles. The summed E-state index contributed by atoms with van der Waals surface area (Å²) in [5.74, 6) is -0.769. The number of nitrogens with zero attached hydrogens (tertiary/aromatic N) is 5. The SMILES string of the molecule is CC(C)(C)c1cn(C2CC3CCC(C2)N3C(=O)c2ccncc2F)nn1. The molecule has 6 nitrogen and oxygen atoms in total. The highest BCUT2D eigenvalue weighted by atomic mass is 19.1. The summed E-state index contributed by atoms with van der Waals surface area (Å²) in [5, 5.41) is 8.66. The van der Waals surface area contributed by atoms with Crippen LogP contribution in [0.3, 0.4) is 0 Å². The normalized spacial score (nSPS) is 25.5. The summed E-state index contributed by atoms with van der Waals surface area (Å²) >= 11 is 0. The second-order valence-electron chi connectivity index (χ2n) is 8.41. The van der Waals surface area contributed by atoms with Gasteiger partial charge < -0.3 is 4.90 Å². The monoisotopic (exact) mass is 357 g/mol. The van der Waals surface area contributed by atoms with E-state index in [1.807, 2.05) is 15.8 Å². The first kappa shape index (κ1) is 17.1. The standard InChI is InChI=1S/C19H24FN5O/c1-19(2,3)17-11-24(23-22-17)14-8-12-4-5-13(9-14)25(12)18(26)15-6-7-21-10-16(15)20/h6-7,10-14H,4-5,8-9H2,1-3H3. The lowest BCUT2D eigenvalue weighted by molar-refractivity contribution is 0.0518. The van der Waals surface area contributed by atoms with Crippen LogP contribution in [0.15, 0.2) is 24.7 Å². The number of carbonyl (C=O) groups excluding carboxylic acids is 1. The summed E-state index contributed by atoms with van der Waals surface area (Å²) in [6, 6.07) is 1.96. The number of fused-ring (bicyclic) bond motifs is 2. The molecule has 7 heteroatoms. The average molecular weight is 357 g/mol. The zero-order chi connectivity index (χ0) is 18.5. The minimum Gasteiger partial charge on any atom is -0.332 e. The molecule has 2 bridgehead atoms. The van der Waals surface area contributed by atoms with Gasteiger partial charge >= 0.3 is 0 Å². The van der Waals surface area contributed by atoms with Crippen molar-refractivity contribution in [3.63, 3.8) is 0 Å². The molecule has 1 amide bonds. The van der Waals surface area contributed by atoms with Crippen molar-refractivity contribution in [3.8, 4) is 0 Å². The molecular formula is C19H24FN5O. The molecule has 4 rings (SSSR count). The molecule has 2 unspecified atom stereocenters.